The summed E-state index contributed by atoms with van der Waals surface area (Å²) in [5.41, 5.74) is 2.16. The summed E-state index contributed by atoms with van der Waals surface area (Å²) < 4.78 is 10.9. The minimum Gasteiger partial charge on any atom is -0.484 e. The molecule has 0 atom stereocenters. The summed E-state index contributed by atoms with van der Waals surface area (Å²) in [6.07, 6.45) is 0.997. The highest BCUT2D eigenvalue weighted by Crippen LogP contribution is 2.13. The number of ether oxygens (including phenoxy) is 1. The maximum atomic E-state index is 12.3. The van der Waals surface area contributed by atoms with Crippen LogP contribution in [0.15, 0.2) is 34.9 Å². The molecule has 6 nitrogen and oxygen atoms in total. The molecule has 0 radical (unpaired) electrons. The third kappa shape index (κ3) is 4.82. The van der Waals surface area contributed by atoms with Crippen molar-refractivity contribution < 1.29 is 14.1 Å². The number of piperazine rings is 1. The highest BCUT2D eigenvalue weighted by atomic mass is 16.5. The molecule has 1 aromatic heterocycles. The Kier molecular flexibility index (Phi) is 5.71. The zero-order valence-electron chi connectivity index (χ0n) is 14.9. The quantitative estimate of drug-likeness (QED) is 0.805. The predicted molar refractivity (Wildman–Crippen MR) is 94.4 cm³/mol. The zero-order chi connectivity index (χ0) is 17.6. The van der Waals surface area contributed by atoms with Crippen LogP contribution in [0.4, 0.5) is 0 Å². The second kappa shape index (κ2) is 8.16. The molecule has 6 heteroatoms. The molecule has 0 spiro atoms. The molecule has 1 amide bonds. The number of nitrogens with zero attached hydrogens (tertiary/aromatic N) is 3. The molecule has 134 valence electrons. The summed E-state index contributed by atoms with van der Waals surface area (Å²) in [6.45, 7) is 7.94. The number of benzene rings is 1. The summed E-state index contributed by atoms with van der Waals surface area (Å²) >= 11 is 0. The molecule has 1 fully saturated rings. The molecular formula is C19H25N3O3. The van der Waals surface area contributed by atoms with Crippen LogP contribution < -0.4 is 4.74 Å². The fraction of sp³-hybridized carbons (Fsp3) is 0.474. The number of hydrogen-bond acceptors (Lipinski definition) is 5. The smallest absolute Gasteiger partial charge is 0.260 e. The Labute approximate surface area is 148 Å². The van der Waals surface area contributed by atoms with Gasteiger partial charge in [0.2, 0.25) is 0 Å². The van der Waals surface area contributed by atoms with Gasteiger partial charge >= 0.3 is 0 Å². The molecule has 1 aromatic carbocycles. The van der Waals surface area contributed by atoms with Gasteiger partial charge in [0.05, 0.1) is 12.2 Å². The third-order valence-electron chi connectivity index (χ3n) is 4.48. The predicted octanol–water partition coefficient (Wildman–Crippen LogP) is 2.27. The Hall–Kier alpha value is -2.34. The van der Waals surface area contributed by atoms with E-state index in [2.05, 4.69) is 17.0 Å². The van der Waals surface area contributed by atoms with E-state index in [0.717, 1.165) is 43.3 Å². The van der Waals surface area contributed by atoms with Crippen LogP contribution in [-0.2, 0) is 17.8 Å². The van der Waals surface area contributed by atoms with Gasteiger partial charge in [0.1, 0.15) is 5.75 Å². The first-order valence-electron chi connectivity index (χ1n) is 8.78. The molecule has 0 aliphatic carbocycles. The van der Waals surface area contributed by atoms with E-state index in [1.807, 2.05) is 42.2 Å². The maximum absolute atomic E-state index is 12.3. The third-order valence-corrected chi connectivity index (χ3v) is 4.48. The molecule has 1 aliphatic heterocycles. The number of aromatic nitrogens is 1. The minimum absolute atomic E-state index is 0.0368. The standard InChI is InChI=1S/C19H25N3O3/c1-3-16-4-6-17(7-5-16)24-14-19(23)22-10-8-21(9-11-22)13-18-12-15(2)20-25-18/h4-7,12H,3,8-11,13-14H2,1-2H3. The second-order valence-electron chi connectivity index (χ2n) is 6.38. The summed E-state index contributed by atoms with van der Waals surface area (Å²) in [4.78, 5) is 16.5. The molecule has 0 saturated carbocycles. The fourth-order valence-electron chi connectivity index (χ4n) is 2.92. The Balaban J connectivity index is 1.41. The molecule has 25 heavy (non-hydrogen) atoms. The van der Waals surface area contributed by atoms with Crippen LogP contribution in [0.1, 0.15) is 23.9 Å². The van der Waals surface area contributed by atoms with Crippen molar-refractivity contribution in [2.45, 2.75) is 26.8 Å². The molecule has 0 N–H and O–H groups in total. The topological polar surface area (TPSA) is 58.8 Å². The molecule has 1 saturated heterocycles. The summed E-state index contributed by atoms with van der Waals surface area (Å²) in [5.74, 6) is 1.65. The Bertz CT molecular complexity index is 688. The van der Waals surface area contributed by atoms with Crippen molar-refractivity contribution in [3.8, 4) is 5.75 Å². The van der Waals surface area contributed by atoms with E-state index in [0.29, 0.717) is 13.1 Å². The first-order valence-corrected chi connectivity index (χ1v) is 8.78. The maximum Gasteiger partial charge on any atom is 0.260 e. The Morgan fingerprint density at radius 1 is 1.20 bits per heavy atom. The van der Waals surface area contributed by atoms with Crippen molar-refractivity contribution in [1.29, 1.82) is 0 Å². The number of carbonyl (C=O) groups is 1. The lowest BCUT2D eigenvalue weighted by Gasteiger charge is -2.34. The van der Waals surface area contributed by atoms with Gasteiger partial charge in [0.25, 0.3) is 5.91 Å². The van der Waals surface area contributed by atoms with Gasteiger partial charge in [-0.3, -0.25) is 9.69 Å². The number of aryl methyl sites for hydroxylation is 2. The van der Waals surface area contributed by atoms with E-state index in [9.17, 15) is 4.79 Å². The van der Waals surface area contributed by atoms with Gasteiger partial charge in [0.15, 0.2) is 12.4 Å². The number of hydrogen-bond donors (Lipinski definition) is 0. The van der Waals surface area contributed by atoms with Crippen molar-refractivity contribution in [2.24, 2.45) is 0 Å². The molecule has 3 rings (SSSR count). The highest BCUT2D eigenvalue weighted by Gasteiger charge is 2.22. The zero-order valence-corrected chi connectivity index (χ0v) is 14.9. The second-order valence-corrected chi connectivity index (χ2v) is 6.38. The first-order chi connectivity index (χ1) is 12.1. The first kappa shape index (κ1) is 17.5. The van der Waals surface area contributed by atoms with Crippen molar-refractivity contribution >= 4 is 5.91 Å². The lowest BCUT2D eigenvalue weighted by molar-refractivity contribution is -0.135. The summed E-state index contributed by atoms with van der Waals surface area (Å²) in [5, 5.41) is 3.91. The van der Waals surface area contributed by atoms with Crippen LogP contribution in [-0.4, -0.2) is 53.6 Å². The lowest BCUT2D eigenvalue weighted by Crippen LogP contribution is -2.49. The van der Waals surface area contributed by atoms with Gasteiger partial charge in [-0.2, -0.15) is 0 Å². The largest absolute Gasteiger partial charge is 0.484 e. The monoisotopic (exact) mass is 343 g/mol. The SMILES string of the molecule is CCc1ccc(OCC(=O)N2CCN(Cc3cc(C)no3)CC2)cc1. The van der Waals surface area contributed by atoms with Crippen molar-refractivity contribution in [2.75, 3.05) is 32.8 Å². The Morgan fingerprint density at radius 3 is 2.52 bits per heavy atom. The minimum atomic E-state index is 0.0368. The average molecular weight is 343 g/mol. The normalized spacial score (nSPS) is 15.4. The molecule has 2 aromatic rings. The van der Waals surface area contributed by atoms with E-state index in [1.165, 1.54) is 5.56 Å². The van der Waals surface area contributed by atoms with Crippen molar-refractivity contribution in [3.05, 3.63) is 47.3 Å². The highest BCUT2D eigenvalue weighted by molar-refractivity contribution is 5.77. The molecule has 1 aliphatic rings. The van der Waals surface area contributed by atoms with Gasteiger partial charge in [-0.15, -0.1) is 0 Å². The summed E-state index contributed by atoms with van der Waals surface area (Å²) in [6, 6.07) is 9.86. The van der Waals surface area contributed by atoms with Crippen LogP contribution in [0.3, 0.4) is 0 Å². The van der Waals surface area contributed by atoms with Crippen molar-refractivity contribution in [1.82, 2.24) is 15.0 Å². The Morgan fingerprint density at radius 2 is 1.92 bits per heavy atom. The van der Waals surface area contributed by atoms with Crippen molar-refractivity contribution in [3.63, 3.8) is 0 Å². The number of rotatable bonds is 6. The van der Waals surface area contributed by atoms with Crippen LogP contribution in [0.25, 0.3) is 0 Å². The van der Waals surface area contributed by atoms with E-state index in [4.69, 9.17) is 9.26 Å². The van der Waals surface area contributed by atoms with Gasteiger partial charge in [-0.1, -0.05) is 24.2 Å². The lowest BCUT2D eigenvalue weighted by atomic mass is 10.2. The van der Waals surface area contributed by atoms with Crippen LogP contribution in [0.5, 0.6) is 5.75 Å². The molecule has 0 bridgehead atoms. The van der Waals surface area contributed by atoms with E-state index in [-0.39, 0.29) is 12.5 Å². The van der Waals surface area contributed by atoms with Gasteiger partial charge in [-0.25, -0.2) is 0 Å². The number of amides is 1. The summed E-state index contributed by atoms with van der Waals surface area (Å²) in [7, 11) is 0. The number of carbonyl (C=O) groups excluding carboxylic acids is 1. The van der Waals surface area contributed by atoms with E-state index < -0.39 is 0 Å². The van der Waals surface area contributed by atoms with Crippen LogP contribution >= 0.6 is 0 Å². The molecule has 2 heterocycles. The molecular weight excluding hydrogens is 318 g/mol. The van der Waals surface area contributed by atoms with Gasteiger partial charge < -0.3 is 14.2 Å². The molecule has 0 unspecified atom stereocenters. The van der Waals surface area contributed by atoms with Gasteiger partial charge in [0, 0.05) is 32.2 Å². The van der Waals surface area contributed by atoms with Crippen LogP contribution in [0, 0.1) is 6.92 Å². The average Bonchev–Trinajstić information content (AvgIpc) is 3.05. The fourth-order valence-corrected chi connectivity index (χ4v) is 2.92. The van der Waals surface area contributed by atoms with E-state index >= 15 is 0 Å². The van der Waals surface area contributed by atoms with E-state index in [1.54, 1.807) is 0 Å². The van der Waals surface area contributed by atoms with Gasteiger partial charge in [-0.05, 0) is 31.0 Å². The van der Waals surface area contributed by atoms with Crippen LogP contribution in [0.2, 0.25) is 0 Å².